The molecule has 0 aliphatic rings. The van der Waals surface area contributed by atoms with Crippen LogP contribution in [0.4, 0.5) is 0 Å². The zero-order valence-electron chi connectivity index (χ0n) is 7.42. The highest BCUT2D eigenvalue weighted by Gasteiger charge is 2.06. The molecule has 0 spiro atoms. The second kappa shape index (κ2) is 3.64. The fraction of sp³-hybridized carbons (Fsp3) is 0.100. The third-order valence-corrected chi connectivity index (χ3v) is 2.55. The first-order valence-corrected chi connectivity index (χ1v) is 4.76. The largest absolute Gasteiger partial charge is 0.494 e. The van der Waals surface area contributed by atoms with Crippen LogP contribution in [0.25, 0.3) is 10.9 Å². The summed E-state index contributed by atoms with van der Waals surface area (Å²) in [5.41, 5.74) is 0.767. The van der Waals surface area contributed by atoms with Gasteiger partial charge in [-0.15, -0.1) is 0 Å². The van der Waals surface area contributed by atoms with Crippen molar-refractivity contribution >= 4 is 34.1 Å². The third-order valence-electron chi connectivity index (χ3n) is 1.95. The molecule has 0 amide bonds. The number of nitrogens with zero attached hydrogens (tertiary/aromatic N) is 1. The maximum absolute atomic E-state index is 6.00. The van der Waals surface area contributed by atoms with Crippen molar-refractivity contribution in [1.82, 2.24) is 4.98 Å². The van der Waals surface area contributed by atoms with E-state index in [4.69, 9.17) is 27.9 Å². The van der Waals surface area contributed by atoms with Crippen LogP contribution in [-0.4, -0.2) is 12.1 Å². The molecule has 4 heteroatoms. The highest BCUT2D eigenvalue weighted by Crippen LogP contribution is 2.30. The van der Waals surface area contributed by atoms with Crippen molar-refractivity contribution in [1.29, 1.82) is 0 Å². The van der Waals surface area contributed by atoms with E-state index < -0.39 is 0 Å². The summed E-state index contributed by atoms with van der Waals surface area (Å²) in [5, 5.41) is 1.84. The van der Waals surface area contributed by atoms with Gasteiger partial charge in [0.05, 0.1) is 17.6 Å². The predicted octanol–water partition coefficient (Wildman–Crippen LogP) is 3.55. The molecule has 0 N–H and O–H groups in total. The van der Waals surface area contributed by atoms with Crippen LogP contribution in [0.5, 0.6) is 5.75 Å². The molecule has 0 bridgehead atoms. The summed E-state index contributed by atoms with van der Waals surface area (Å²) in [5.74, 6) is 0.535. The first-order valence-electron chi connectivity index (χ1n) is 4.01. The predicted molar refractivity (Wildman–Crippen MR) is 58.3 cm³/mol. The molecule has 0 radical (unpaired) electrons. The van der Waals surface area contributed by atoms with Gasteiger partial charge in [0.2, 0.25) is 0 Å². The normalized spacial score (nSPS) is 10.5. The van der Waals surface area contributed by atoms with Crippen LogP contribution in [0.15, 0.2) is 24.3 Å². The quantitative estimate of drug-likeness (QED) is 0.696. The van der Waals surface area contributed by atoms with E-state index in [9.17, 15) is 0 Å². The van der Waals surface area contributed by atoms with Crippen LogP contribution in [0.1, 0.15) is 0 Å². The van der Waals surface area contributed by atoms with Gasteiger partial charge < -0.3 is 4.74 Å². The summed E-state index contributed by atoms with van der Waals surface area (Å²) >= 11 is 11.9. The Balaban J connectivity index is 2.80. The lowest BCUT2D eigenvalue weighted by Gasteiger charge is -2.05. The molecule has 2 rings (SSSR count). The molecule has 1 aromatic carbocycles. The average molecular weight is 228 g/mol. The topological polar surface area (TPSA) is 22.1 Å². The van der Waals surface area contributed by atoms with Crippen LogP contribution in [0.2, 0.25) is 10.2 Å². The summed E-state index contributed by atoms with van der Waals surface area (Å²) in [6.45, 7) is 0. The molecule has 2 aromatic rings. The molecule has 1 heterocycles. The van der Waals surface area contributed by atoms with Crippen LogP contribution in [0.3, 0.4) is 0 Å². The van der Waals surface area contributed by atoms with Gasteiger partial charge in [-0.2, -0.15) is 0 Å². The van der Waals surface area contributed by atoms with Crippen LogP contribution < -0.4 is 4.74 Å². The molecule has 0 aliphatic carbocycles. The molecule has 2 nitrogen and oxygen atoms in total. The van der Waals surface area contributed by atoms with Gasteiger partial charge in [-0.25, -0.2) is 4.98 Å². The molecule has 0 saturated heterocycles. The van der Waals surface area contributed by atoms with Crippen LogP contribution in [-0.2, 0) is 0 Å². The Hall–Kier alpha value is -0.990. The lowest BCUT2D eigenvalue weighted by Crippen LogP contribution is -1.88. The number of hydrogen-bond acceptors (Lipinski definition) is 2. The van der Waals surface area contributed by atoms with Gasteiger partial charge in [0.1, 0.15) is 0 Å². The highest BCUT2D eigenvalue weighted by molar-refractivity contribution is 6.36. The van der Waals surface area contributed by atoms with Crippen molar-refractivity contribution < 1.29 is 4.74 Å². The standard InChI is InChI=1S/C10H7Cl2NO/c1-14-9-5-6-7(11)3-2-4-8(6)13-10(9)12/h2-5H,1H3. The fourth-order valence-electron chi connectivity index (χ4n) is 1.26. The Bertz CT molecular complexity index is 485. The lowest BCUT2D eigenvalue weighted by molar-refractivity contribution is 0.414. The van der Waals surface area contributed by atoms with Crippen molar-refractivity contribution in [3.8, 4) is 5.75 Å². The van der Waals surface area contributed by atoms with Crippen LogP contribution >= 0.6 is 23.2 Å². The lowest BCUT2D eigenvalue weighted by atomic mass is 10.2. The third kappa shape index (κ3) is 1.51. The number of hydrogen-bond donors (Lipinski definition) is 0. The Morgan fingerprint density at radius 3 is 2.79 bits per heavy atom. The van der Waals surface area contributed by atoms with Crippen LogP contribution in [0, 0.1) is 0 Å². The van der Waals surface area contributed by atoms with Gasteiger partial charge in [0.15, 0.2) is 10.9 Å². The molecule has 0 aliphatic heterocycles. The Morgan fingerprint density at radius 1 is 1.29 bits per heavy atom. The fourth-order valence-corrected chi connectivity index (χ4v) is 1.71. The number of pyridine rings is 1. The number of aromatic nitrogens is 1. The highest BCUT2D eigenvalue weighted by atomic mass is 35.5. The number of fused-ring (bicyclic) bond motifs is 1. The smallest absolute Gasteiger partial charge is 0.171 e. The van der Waals surface area contributed by atoms with Gasteiger partial charge in [0, 0.05) is 5.39 Å². The second-order valence-corrected chi connectivity index (χ2v) is 3.55. The molecule has 14 heavy (non-hydrogen) atoms. The Kier molecular flexibility index (Phi) is 2.48. The summed E-state index contributed by atoms with van der Waals surface area (Å²) in [4.78, 5) is 4.16. The maximum Gasteiger partial charge on any atom is 0.171 e. The first kappa shape index (κ1) is 9.56. The van der Waals surface area contributed by atoms with Gasteiger partial charge in [-0.3, -0.25) is 0 Å². The summed E-state index contributed by atoms with van der Waals surface area (Å²) in [7, 11) is 1.55. The summed E-state index contributed by atoms with van der Waals surface area (Å²) < 4.78 is 5.05. The van der Waals surface area contributed by atoms with Gasteiger partial charge >= 0.3 is 0 Å². The van der Waals surface area contributed by atoms with E-state index in [2.05, 4.69) is 4.98 Å². The van der Waals surface area contributed by atoms with Gasteiger partial charge in [0.25, 0.3) is 0 Å². The molecule has 72 valence electrons. The zero-order valence-corrected chi connectivity index (χ0v) is 8.93. The molecule has 0 atom stereocenters. The Morgan fingerprint density at radius 2 is 2.07 bits per heavy atom. The first-order chi connectivity index (χ1) is 6.72. The van der Waals surface area contributed by atoms with Crippen molar-refractivity contribution in [2.75, 3.05) is 7.11 Å². The van der Waals surface area contributed by atoms with Gasteiger partial charge in [-0.05, 0) is 18.2 Å². The summed E-state index contributed by atoms with van der Waals surface area (Å²) in [6, 6.07) is 7.28. The Labute approximate surface area is 91.4 Å². The molecular formula is C10H7Cl2NO. The molecular weight excluding hydrogens is 221 g/mol. The summed E-state index contributed by atoms with van der Waals surface area (Å²) in [6.07, 6.45) is 0. The minimum absolute atomic E-state index is 0.349. The van der Waals surface area contributed by atoms with E-state index in [0.717, 1.165) is 10.9 Å². The van der Waals surface area contributed by atoms with Gasteiger partial charge in [-0.1, -0.05) is 29.3 Å². The zero-order chi connectivity index (χ0) is 10.1. The monoisotopic (exact) mass is 227 g/mol. The van der Waals surface area contributed by atoms with Crippen molar-refractivity contribution in [2.24, 2.45) is 0 Å². The number of benzene rings is 1. The minimum Gasteiger partial charge on any atom is -0.494 e. The number of ether oxygens (including phenoxy) is 1. The van der Waals surface area contributed by atoms with Crippen molar-refractivity contribution in [2.45, 2.75) is 0 Å². The van der Waals surface area contributed by atoms with E-state index in [1.54, 1.807) is 19.2 Å². The average Bonchev–Trinajstić information content (AvgIpc) is 2.17. The number of halogens is 2. The van der Waals surface area contributed by atoms with E-state index in [0.29, 0.717) is 15.9 Å². The number of methoxy groups -OCH3 is 1. The van der Waals surface area contributed by atoms with E-state index in [1.165, 1.54) is 0 Å². The maximum atomic E-state index is 6.00. The SMILES string of the molecule is COc1cc2c(Cl)cccc2nc1Cl. The number of rotatable bonds is 1. The van der Waals surface area contributed by atoms with Crippen molar-refractivity contribution in [3.63, 3.8) is 0 Å². The minimum atomic E-state index is 0.349. The van der Waals surface area contributed by atoms with E-state index in [-0.39, 0.29) is 0 Å². The molecule has 1 aromatic heterocycles. The second-order valence-electron chi connectivity index (χ2n) is 2.79. The molecule has 0 fully saturated rings. The van der Waals surface area contributed by atoms with E-state index >= 15 is 0 Å². The van der Waals surface area contributed by atoms with E-state index in [1.807, 2.05) is 12.1 Å². The van der Waals surface area contributed by atoms with Crippen molar-refractivity contribution in [3.05, 3.63) is 34.4 Å². The molecule has 0 saturated carbocycles. The molecule has 0 unspecified atom stereocenters.